The fourth-order valence-electron chi connectivity index (χ4n) is 1.03. The Hall–Kier alpha value is -0.990. The number of hydrogen-bond donors (Lipinski definition) is 1. The Morgan fingerprint density at radius 3 is 2.33 bits per heavy atom. The Kier molecular flexibility index (Phi) is 2.13. The third-order valence-electron chi connectivity index (χ3n) is 1.75. The molecule has 3 heteroatoms. The van der Waals surface area contributed by atoms with Gasteiger partial charge in [0, 0.05) is 12.0 Å². The van der Waals surface area contributed by atoms with Crippen LogP contribution in [0.3, 0.4) is 0 Å². The zero-order valence-electron chi connectivity index (χ0n) is 8.14. The molecule has 0 aromatic carbocycles. The van der Waals surface area contributed by atoms with Crippen molar-refractivity contribution in [2.75, 3.05) is 5.73 Å². The first-order chi connectivity index (χ1) is 5.40. The van der Waals surface area contributed by atoms with E-state index in [2.05, 4.69) is 25.9 Å². The lowest BCUT2D eigenvalue weighted by molar-refractivity contribution is 0.320. The monoisotopic (exact) mass is 168 g/mol. The molecule has 0 atom stereocenters. The summed E-state index contributed by atoms with van der Waals surface area (Å²) in [7, 11) is 0. The highest BCUT2D eigenvalue weighted by Crippen LogP contribution is 2.24. The molecule has 0 spiro atoms. The minimum absolute atomic E-state index is 0.219. The molecule has 1 aromatic rings. The van der Waals surface area contributed by atoms with Gasteiger partial charge in [-0.2, -0.15) is 0 Å². The van der Waals surface area contributed by atoms with Gasteiger partial charge in [0.2, 0.25) is 0 Å². The van der Waals surface area contributed by atoms with Gasteiger partial charge in [0.1, 0.15) is 5.76 Å². The van der Waals surface area contributed by atoms with Crippen molar-refractivity contribution in [3.05, 3.63) is 11.3 Å². The number of anilines is 1. The lowest BCUT2D eigenvalue weighted by Gasteiger charge is -2.15. The Labute approximate surface area is 72.9 Å². The first-order valence-electron chi connectivity index (χ1n) is 4.11. The second-order valence-corrected chi connectivity index (χ2v) is 4.35. The number of hydrogen-bond acceptors (Lipinski definition) is 3. The van der Waals surface area contributed by atoms with E-state index in [9.17, 15) is 0 Å². The van der Waals surface area contributed by atoms with E-state index in [-0.39, 0.29) is 5.41 Å². The molecule has 0 aliphatic rings. The summed E-state index contributed by atoms with van der Waals surface area (Å²) in [6.07, 6.45) is 0.878. The van der Waals surface area contributed by atoms with Gasteiger partial charge in [0.05, 0.1) is 0 Å². The van der Waals surface area contributed by atoms with E-state index in [0.29, 0.717) is 5.82 Å². The second-order valence-electron chi connectivity index (χ2n) is 4.35. The van der Waals surface area contributed by atoms with Gasteiger partial charge in [-0.25, -0.2) is 0 Å². The molecule has 3 nitrogen and oxygen atoms in total. The summed E-state index contributed by atoms with van der Waals surface area (Å²) < 4.78 is 5.10. The summed E-state index contributed by atoms with van der Waals surface area (Å²) in [6, 6.07) is 0. The van der Waals surface area contributed by atoms with Crippen LogP contribution in [0.25, 0.3) is 0 Å². The molecule has 0 saturated heterocycles. The van der Waals surface area contributed by atoms with Crippen LogP contribution in [-0.4, -0.2) is 5.16 Å². The number of rotatable bonds is 1. The third-order valence-corrected chi connectivity index (χ3v) is 1.75. The number of aromatic nitrogens is 1. The summed E-state index contributed by atoms with van der Waals surface area (Å²) in [4.78, 5) is 0. The molecule has 1 aromatic heterocycles. The standard InChI is InChI=1S/C9H16N2O/c1-6-7(5-9(2,3)4)12-11-8(6)10/h5H2,1-4H3,(H2,10,11). The zero-order valence-corrected chi connectivity index (χ0v) is 8.14. The average molecular weight is 168 g/mol. The van der Waals surface area contributed by atoms with Crippen molar-refractivity contribution < 1.29 is 4.52 Å². The summed E-state index contributed by atoms with van der Waals surface area (Å²) >= 11 is 0. The van der Waals surface area contributed by atoms with E-state index in [4.69, 9.17) is 10.3 Å². The predicted molar refractivity (Wildman–Crippen MR) is 48.8 cm³/mol. The van der Waals surface area contributed by atoms with Crippen molar-refractivity contribution in [1.82, 2.24) is 5.16 Å². The van der Waals surface area contributed by atoms with Gasteiger partial charge in [0.15, 0.2) is 5.82 Å². The van der Waals surface area contributed by atoms with E-state index in [1.54, 1.807) is 0 Å². The molecular formula is C9H16N2O. The van der Waals surface area contributed by atoms with E-state index >= 15 is 0 Å². The minimum Gasteiger partial charge on any atom is -0.381 e. The molecular weight excluding hydrogens is 152 g/mol. The van der Waals surface area contributed by atoms with Crippen LogP contribution in [0, 0.1) is 12.3 Å². The van der Waals surface area contributed by atoms with Gasteiger partial charge in [-0.3, -0.25) is 0 Å². The first kappa shape index (κ1) is 9.10. The van der Waals surface area contributed by atoms with E-state index in [0.717, 1.165) is 17.7 Å². The van der Waals surface area contributed by atoms with Crippen LogP contribution in [0.5, 0.6) is 0 Å². The molecule has 0 saturated carbocycles. The van der Waals surface area contributed by atoms with Gasteiger partial charge < -0.3 is 10.3 Å². The highest BCUT2D eigenvalue weighted by molar-refractivity contribution is 5.39. The van der Waals surface area contributed by atoms with Gasteiger partial charge in [-0.1, -0.05) is 25.9 Å². The largest absolute Gasteiger partial charge is 0.381 e. The maximum atomic E-state index is 5.55. The summed E-state index contributed by atoms with van der Waals surface area (Å²) in [5.41, 5.74) is 6.75. The highest BCUT2D eigenvalue weighted by Gasteiger charge is 2.17. The van der Waals surface area contributed by atoms with Crippen LogP contribution in [-0.2, 0) is 6.42 Å². The van der Waals surface area contributed by atoms with Crippen LogP contribution < -0.4 is 5.73 Å². The molecule has 0 aliphatic heterocycles. The fourth-order valence-corrected chi connectivity index (χ4v) is 1.03. The maximum Gasteiger partial charge on any atom is 0.169 e. The first-order valence-corrected chi connectivity index (χ1v) is 4.11. The average Bonchev–Trinajstić information content (AvgIpc) is 2.16. The second kappa shape index (κ2) is 2.81. The molecule has 0 bridgehead atoms. The van der Waals surface area contributed by atoms with Gasteiger partial charge in [-0.05, 0) is 12.3 Å². The van der Waals surface area contributed by atoms with Gasteiger partial charge in [0.25, 0.3) is 0 Å². The lowest BCUT2D eigenvalue weighted by Crippen LogP contribution is -2.09. The topological polar surface area (TPSA) is 52.0 Å². The molecule has 1 rings (SSSR count). The summed E-state index contributed by atoms with van der Waals surface area (Å²) in [5, 5.41) is 3.70. The van der Waals surface area contributed by atoms with Crippen LogP contribution in [0.15, 0.2) is 4.52 Å². The number of nitrogens with two attached hydrogens (primary N) is 1. The van der Waals surface area contributed by atoms with Gasteiger partial charge in [-0.15, -0.1) is 0 Å². The molecule has 2 N–H and O–H groups in total. The number of nitrogen functional groups attached to an aromatic ring is 1. The van der Waals surface area contributed by atoms with Crippen LogP contribution in [0.2, 0.25) is 0 Å². The molecule has 0 fully saturated rings. The Morgan fingerprint density at radius 2 is 2.00 bits per heavy atom. The predicted octanol–water partition coefficient (Wildman–Crippen LogP) is 2.15. The quantitative estimate of drug-likeness (QED) is 0.699. The molecule has 0 radical (unpaired) electrons. The lowest BCUT2D eigenvalue weighted by atomic mass is 9.90. The Bertz CT molecular complexity index is 271. The van der Waals surface area contributed by atoms with Crippen molar-refractivity contribution in [3.63, 3.8) is 0 Å². The molecule has 1 heterocycles. The Balaban J connectivity index is 2.83. The fraction of sp³-hybridized carbons (Fsp3) is 0.667. The van der Waals surface area contributed by atoms with Crippen molar-refractivity contribution in [2.24, 2.45) is 5.41 Å². The van der Waals surface area contributed by atoms with Gasteiger partial charge >= 0.3 is 0 Å². The molecule has 12 heavy (non-hydrogen) atoms. The van der Waals surface area contributed by atoms with E-state index in [1.807, 2.05) is 6.92 Å². The van der Waals surface area contributed by atoms with Crippen molar-refractivity contribution in [1.29, 1.82) is 0 Å². The third kappa shape index (κ3) is 2.00. The van der Waals surface area contributed by atoms with E-state index in [1.165, 1.54) is 0 Å². The van der Waals surface area contributed by atoms with Crippen LogP contribution in [0.4, 0.5) is 5.82 Å². The van der Waals surface area contributed by atoms with Crippen molar-refractivity contribution in [3.8, 4) is 0 Å². The minimum atomic E-state index is 0.219. The number of nitrogens with zero attached hydrogens (tertiary/aromatic N) is 1. The molecule has 0 aliphatic carbocycles. The van der Waals surface area contributed by atoms with Crippen molar-refractivity contribution >= 4 is 5.82 Å². The van der Waals surface area contributed by atoms with Crippen LogP contribution >= 0.6 is 0 Å². The summed E-state index contributed by atoms with van der Waals surface area (Å²) in [5.74, 6) is 1.41. The highest BCUT2D eigenvalue weighted by atomic mass is 16.5. The van der Waals surface area contributed by atoms with Crippen LogP contribution in [0.1, 0.15) is 32.1 Å². The SMILES string of the molecule is Cc1c(N)noc1CC(C)(C)C. The maximum absolute atomic E-state index is 5.55. The molecule has 0 unspecified atom stereocenters. The van der Waals surface area contributed by atoms with E-state index < -0.39 is 0 Å². The molecule has 0 amide bonds. The van der Waals surface area contributed by atoms with Crippen molar-refractivity contribution in [2.45, 2.75) is 34.1 Å². The molecule has 68 valence electrons. The smallest absolute Gasteiger partial charge is 0.169 e. The Morgan fingerprint density at radius 1 is 1.42 bits per heavy atom. The zero-order chi connectivity index (χ0) is 9.35. The summed E-state index contributed by atoms with van der Waals surface area (Å²) in [6.45, 7) is 8.41. The normalized spacial score (nSPS) is 12.0.